The summed E-state index contributed by atoms with van der Waals surface area (Å²) in [4.78, 5) is 25.3. The Labute approximate surface area is 159 Å². The summed E-state index contributed by atoms with van der Waals surface area (Å²) in [5, 5.41) is 14.4. The molecule has 0 unspecified atom stereocenters. The number of benzene rings is 1. The van der Waals surface area contributed by atoms with Gasteiger partial charge in [-0.3, -0.25) is 19.3 Å². The highest BCUT2D eigenvalue weighted by Crippen LogP contribution is 2.22. The molecule has 2 amide bonds. The third-order valence-electron chi connectivity index (χ3n) is 3.55. The van der Waals surface area contributed by atoms with Crippen LogP contribution in [0.25, 0.3) is 10.7 Å². The first-order valence-electron chi connectivity index (χ1n) is 7.95. The number of H-pyrrole nitrogens is 1. The van der Waals surface area contributed by atoms with E-state index in [4.69, 9.17) is 12.2 Å². The van der Waals surface area contributed by atoms with Crippen LogP contribution < -0.4 is 10.6 Å². The van der Waals surface area contributed by atoms with E-state index < -0.39 is 0 Å². The number of rotatable bonds is 6. The highest BCUT2D eigenvalue weighted by Gasteiger charge is 2.14. The van der Waals surface area contributed by atoms with Crippen LogP contribution in [0.2, 0.25) is 0 Å². The maximum absolute atomic E-state index is 12.4. The largest absolute Gasteiger partial charge is 0.352 e. The molecule has 134 valence electrons. The number of aromatic amines is 1. The van der Waals surface area contributed by atoms with Crippen LogP contribution in [0.3, 0.4) is 0 Å². The molecule has 0 spiro atoms. The third-order valence-corrected chi connectivity index (χ3v) is 4.72. The maximum atomic E-state index is 12.4. The molecular formula is C17H17N5O2S2. The van der Waals surface area contributed by atoms with E-state index in [0.29, 0.717) is 28.4 Å². The monoisotopic (exact) mass is 387 g/mol. The SMILES string of the molecule is CCNC(=O)c1cccc(NC(=O)Cn2c(-c3cccs3)n[nH]c2=S)c1. The van der Waals surface area contributed by atoms with Crippen molar-refractivity contribution in [3.63, 3.8) is 0 Å². The number of thiophene rings is 1. The summed E-state index contributed by atoms with van der Waals surface area (Å²) in [6, 6.07) is 10.6. The summed E-state index contributed by atoms with van der Waals surface area (Å²) in [5.41, 5.74) is 1.04. The second-order valence-electron chi connectivity index (χ2n) is 5.40. The van der Waals surface area contributed by atoms with Crippen LogP contribution in [-0.4, -0.2) is 33.1 Å². The van der Waals surface area contributed by atoms with Gasteiger partial charge in [0, 0.05) is 17.8 Å². The molecule has 0 aliphatic heterocycles. The molecule has 0 radical (unpaired) electrons. The van der Waals surface area contributed by atoms with Gasteiger partial charge in [0.05, 0.1) is 4.88 Å². The van der Waals surface area contributed by atoms with Gasteiger partial charge in [0.25, 0.3) is 5.91 Å². The zero-order valence-corrected chi connectivity index (χ0v) is 15.6. The molecule has 0 fully saturated rings. The van der Waals surface area contributed by atoms with E-state index in [9.17, 15) is 9.59 Å². The topological polar surface area (TPSA) is 91.8 Å². The predicted molar refractivity (Wildman–Crippen MR) is 104 cm³/mol. The standard InChI is InChI=1S/C17H17N5O2S2/c1-2-18-16(24)11-5-3-6-12(9-11)19-14(23)10-22-15(20-21-17(22)25)13-7-4-8-26-13/h3-9H,2,10H2,1H3,(H,18,24)(H,19,23)(H,21,25). The van der Waals surface area contributed by atoms with Crippen molar-refractivity contribution < 1.29 is 9.59 Å². The molecule has 0 aliphatic carbocycles. The van der Waals surface area contributed by atoms with Gasteiger partial charge in [-0.2, -0.15) is 5.10 Å². The number of amides is 2. The molecule has 9 heteroatoms. The Kier molecular flexibility index (Phi) is 5.59. The number of carbonyl (C=O) groups excluding carboxylic acids is 2. The number of aromatic nitrogens is 3. The van der Waals surface area contributed by atoms with Gasteiger partial charge in [0.1, 0.15) is 6.54 Å². The zero-order chi connectivity index (χ0) is 18.5. The van der Waals surface area contributed by atoms with Crippen molar-refractivity contribution in [1.82, 2.24) is 20.1 Å². The zero-order valence-electron chi connectivity index (χ0n) is 14.0. The van der Waals surface area contributed by atoms with E-state index in [1.54, 1.807) is 28.8 Å². The Balaban J connectivity index is 1.75. The summed E-state index contributed by atoms with van der Waals surface area (Å²) in [6.45, 7) is 2.41. The fraction of sp³-hybridized carbons (Fsp3) is 0.176. The Morgan fingerprint density at radius 2 is 2.15 bits per heavy atom. The van der Waals surface area contributed by atoms with Crippen molar-refractivity contribution in [3.05, 3.63) is 52.1 Å². The number of anilines is 1. The van der Waals surface area contributed by atoms with Crippen molar-refractivity contribution in [2.45, 2.75) is 13.5 Å². The van der Waals surface area contributed by atoms with Gasteiger partial charge in [-0.1, -0.05) is 12.1 Å². The van der Waals surface area contributed by atoms with Crippen molar-refractivity contribution in [2.24, 2.45) is 0 Å². The molecule has 0 saturated carbocycles. The number of carbonyl (C=O) groups is 2. The lowest BCUT2D eigenvalue weighted by molar-refractivity contribution is -0.116. The number of nitrogens with one attached hydrogen (secondary N) is 3. The second-order valence-corrected chi connectivity index (χ2v) is 6.74. The minimum Gasteiger partial charge on any atom is -0.352 e. The van der Waals surface area contributed by atoms with Crippen LogP contribution in [0.1, 0.15) is 17.3 Å². The minimum atomic E-state index is -0.256. The summed E-state index contributed by atoms with van der Waals surface area (Å²) in [6.07, 6.45) is 0. The molecule has 26 heavy (non-hydrogen) atoms. The van der Waals surface area contributed by atoms with Gasteiger partial charge in [-0.15, -0.1) is 11.3 Å². The van der Waals surface area contributed by atoms with Crippen LogP contribution in [0, 0.1) is 4.77 Å². The predicted octanol–water partition coefficient (Wildman–Crippen LogP) is 3.06. The van der Waals surface area contributed by atoms with Gasteiger partial charge >= 0.3 is 0 Å². The Hall–Kier alpha value is -2.78. The molecule has 0 saturated heterocycles. The third kappa shape index (κ3) is 4.06. The maximum Gasteiger partial charge on any atom is 0.251 e. The van der Waals surface area contributed by atoms with Gasteiger partial charge < -0.3 is 10.6 Å². The van der Waals surface area contributed by atoms with Crippen molar-refractivity contribution in [2.75, 3.05) is 11.9 Å². The lowest BCUT2D eigenvalue weighted by Crippen LogP contribution is -2.23. The molecule has 0 aliphatic rings. The first-order chi connectivity index (χ1) is 12.6. The molecule has 2 heterocycles. The summed E-state index contributed by atoms with van der Waals surface area (Å²) < 4.78 is 2.02. The number of hydrogen-bond acceptors (Lipinski definition) is 5. The van der Waals surface area contributed by atoms with Crippen molar-refractivity contribution in [3.8, 4) is 10.7 Å². The average Bonchev–Trinajstić information content (AvgIpc) is 3.26. The van der Waals surface area contributed by atoms with Gasteiger partial charge in [-0.25, -0.2) is 0 Å². The number of hydrogen-bond donors (Lipinski definition) is 3. The Morgan fingerprint density at radius 3 is 2.88 bits per heavy atom. The van der Waals surface area contributed by atoms with Crippen LogP contribution in [0.5, 0.6) is 0 Å². The molecule has 0 bridgehead atoms. The Morgan fingerprint density at radius 1 is 1.31 bits per heavy atom. The highest BCUT2D eigenvalue weighted by molar-refractivity contribution is 7.71. The van der Waals surface area contributed by atoms with Crippen LogP contribution >= 0.6 is 23.6 Å². The minimum absolute atomic E-state index is 0.0218. The molecule has 3 rings (SSSR count). The van der Waals surface area contributed by atoms with Crippen molar-refractivity contribution in [1.29, 1.82) is 0 Å². The van der Waals surface area contributed by atoms with E-state index in [0.717, 1.165) is 4.88 Å². The van der Waals surface area contributed by atoms with Gasteiger partial charge in [-0.05, 0) is 48.8 Å². The lowest BCUT2D eigenvalue weighted by Gasteiger charge is -2.09. The lowest BCUT2D eigenvalue weighted by atomic mass is 10.2. The van der Waals surface area contributed by atoms with Gasteiger partial charge in [0.15, 0.2) is 10.6 Å². The van der Waals surface area contributed by atoms with Gasteiger partial charge in [0.2, 0.25) is 5.91 Å². The first-order valence-corrected chi connectivity index (χ1v) is 9.24. The first kappa shape index (κ1) is 18.0. The van der Waals surface area contributed by atoms with Crippen LogP contribution in [0.15, 0.2) is 41.8 Å². The van der Waals surface area contributed by atoms with Crippen molar-refractivity contribution >= 4 is 41.1 Å². The van der Waals surface area contributed by atoms with E-state index in [2.05, 4.69) is 20.8 Å². The smallest absolute Gasteiger partial charge is 0.251 e. The molecule has 7 nitrogen and oxygen atoms in total. The highest BCUT2D eigenvalue weighted by atomic mass is 32.1. The quantitative estimate of drug-likeness (QED) is 0.567. The average molecular weight is 387 g/mol. The van der Waals surface area contributed by atoms with E-state index in [1.165, 1.54) is 11.3 Å². The van der Waals surface area contributed by atoms with E-state index in [-0.39, 0.29) is 18.4 Å². The van der Waals surface area contributed by atoms with Crippen LogP contribution in [0.4, 0.5) is 5.69 Å². The van der Waals surface area contributed by atoms with E-state index in [1.807, 2.05) is 24.4 Å². The van der Waals surface area contributed by atoms with Crippen LogP contribution in [-0.2, 0) is 11.3 Å². The van der Waals surface area contributed by atoms with E-state index >= 15 is 0 Å². The molecule has 3 aromatic rings. The molecule has 0 atom stereocenters. The number of nitrogens with zero attached hydrogens (tertiary/aromatic N) is 2. The fourth-order valence-electron chi connectivity index (χ4n) is 2.40. The molecule has 1 aromatic carbocycles. The summed E-state index contributed by atoms with van der Waals surface area (Å²) >= 11 is 6.75. The normalized spacial score (nSPS) is 10.5. The fourth-order valence-corrected chi connectivity index (χ4v) is 3.32. The second kappa shape index (κ2) is 8.07. The Bertz CT molecular complexity index is 975. The molecule has 2 aromatic heterocycles. The summed E-state index contributed by atoms with van der Waals surface area (Å²) in [5.74, 6) is 0.185. The summed E-state index contributed by atoms with van der Waals surface area (Å²) in [7, 11) is 0. The molecule has 3 N–H and O–H groups in total. The molecular weight excluding hydrogens is 370 g/mol.